The number of nitrogens with one attached hydrogen (secondary N) is 2. The number of amides is 2. The zero-order valence-electron chi connectivity index (χ0n) is 12.6. The lowest BCUT2D eigenvalue weighted by Gasteiger charge is -2.10. The van der Waals surface area contributed by atoms with E-state index in [0.29, 0.717) is 22.5 Å². The van der Waals surface area contributed by atoms with Gasteiger partial charge in [0.05, 0.1) is 11.6 Å². The van der Waals surface area contributed by atoms with E-state index in [-0.39, 0.29) is 17.3 Å². The van der Waals surface area contributed by atoms with Gasteiger partial charge in [-0.2, -0.15) is 0 Å². The number of thioether (sulfide) groups is 1. The summed E-state index contributed by atoms with van der Waals surface area (Å²) < 4.78 is 5.62. The fourth-order valence-corrected chi connectivity index (χ4v) is 4.08. The van der Waals surface area contributed by atoms with Gasteiger partial charge in [-0.3, -0.25) is 15.4 Å². The smallest absolute Gasteiger partial charge is 0.326 e. The molecule has 2 heterocycles. The first-order chi connectivity index (χ1) is 11.1. The Kier molecular flexibility index (Phi) is 6.81. The zero-order valence-corrected chi connectivity index (χ0v) is 15.0. The Morgan fingerprint density at radius 1 is 1.35 bits per heavy atom. The molecule has 1 atom stereocenters. The fraction of sp³-hybridized carbons (Fsp3) is 0.385. The molecule has 0 unspecified atom stereocenters. The largest absolute Gasteiger partial charge is 0.465 e. The molecule has 2 rings (SSSR count). The molecule has 23 heavy (non-hydrogen) atoms. The van der Waals surface area contributed by atoms with E-state index in [0.717, 1.165) is 5.00 Å². The number of carbonyl (C=O) groups excluding carboxylic acids is 2. The number of aromatic nitrogens is 2. The van der Waals surface area contributed by atoms with Crippen LogP contribution in [-0.2, 0) is 9.53 Å². The van der Waals surface area contributed by atoms with Crippen molar-refractivity contribution in [3.8, 4) is 0 Å². The second-order valence-electron chi connectivity index (χ2n) is 4.20. The number of urea groups is 1. The Morgan fingerprint density at radius 3 is 2.83 bits per heavy atom. The molecule has 0 bridgehead atoms. The molecule has 0 aliphatic rings. The van der Waals surface area contributed by atoms with Gasteiger partial charge in [0.25, 0.3) is 0 Å². The predicted octanol–water partition coefficient (Wildman–Crippen LogP) is 3.68. The minimum absolute atomic E-state index is 0.264. The summed E-state index contributed by atoms with van der Waals surface area (Å²) in [7, 11) is 0. The van der Waals surface area contributed by atoms with E-state index in [9.17, 15) is 9.59 Å². The van der Waals surface area contributed by atoms with Gasteiger partial charge >= 0.3 is 12.0 Å². The number of hydrogen-bond donors (Lipinski definition) is 2. The highest BCUT2D eigenvalue weighted by Gasteiger charge is 2.21. The molecule has 0 spiro atoms. The summed E-state index contributed by atoms with van der Waals surface area (Å²) in [6.45, 7) is 4.03. The molecule has 0 aliphatic carbocycles. The van der Waals surface area contributed by atoms with E-state index in [1.54, 1.807) is 13.0 Å². The molecule has 2 aromatic heterocycles. The lowest BCUT2D eigenvalue weighted by atomic mass is 10.3. The number of hydrogen-bond acceptors (Lipinski definition) is 8. The van der Waals surface area contributed by atoms with Gasteiger partial charge in [0.1, 0.15) is 5.25 Å². The van der Waals surface area contributed by atoms with Crippen molar-refractivity contribution in [3.05, 3.63) is 17.5 Å². The number of nitrogens with zero attached hydrogens (tertiary/aromatic N) is 2. The molecule has 10 heteroatoms. The van der Waals surface area contributed by atoms with Crippen LogP contribution in [0.15, 0.2) is 21.9 Å². The van der Waals surface area contributed by atoms with Crippen LogP contribution in [0.2, 0.25) is 0 Å². The highest BCUT2D eigenvalue weighted by Crippen LogP contribution is 2.31. The molecule has 0 fully saturated rings. The Hall–Kier alpha value is -1.65. The second-order valence-corrected chi connectivity index (χ2v) is 7.57. The Morgan fingerprint density at radius 2 is 2.17 bits per heavy atom. The average Bonchev–Trinajstić information content (AvgIpc) is 3.17. The van der Waals surface area contributed by atoms with Gasteiger partial charge in [0, 0.05) is 0 Å². The van der Waals surface area contributed by atoms with Gasteiger partial charge in [0.2, 0.25) is 5.13 Å². The summed E-state index contributed by atoms with van der Waals surface area (Å²) in [6, 6.07) is 3.27. The van der Waals surface area contributed by atoms with E-state index in [2.05, 4.69) is 20.8 Å². The maximum atomic E-state index is 11.8. The molecule has 2 aromatic rings. The van der Waals surface area contributed by atoms with Crippen molar-refractivity contribution in [3.63, 3.8) is 0 Å². The van der Waals surface area contributed by atoms with E-state index in [1.807, 2.05) is 18.4 Å². The molecule has 0 aromatic carbocycles. The van der Waals surface area contributed by atoms with Crippen molar-refractivity contribution >= 4 is 56.6 Å². The van der Waals surface area contributed by atoms with E-state index in [1.165, 1.54) is 34.4 Å². The maximum Gasteiger partial charge on any atom is 0.326 e. The van der Waals surface area contributed by atoms with Crippen molar-refractivity contribution in [2.24, 2.45) is 0 Å². The first-order valence-corrected chi connectivity index (χ1v) is 9.48. The molecular formula is C13H16N4O3S3. The molecule has 0 saturated carbocycles. The van der Waals surface area contributed by atoms with Gasteiger partial charge in [-0.05, 0) is 30.9 Å². The van der Waals surface area contributed by atoms with E-state index in [4.69, 9.17) is 4.74 Å². The first-order valence-electron chi connectivity index (χ1n) is 6.90. The monoisotopic (exact) mass is 372 g/mol. The van der Waals surface area contributed by atoms with Crippen LogP contribution in [0.3, 0.4) is 0 Å². The molecule has 124 valence electrons. The van der Waals surface area contributed by atoms with Crippen molar-refractivity contribution in [1.82, 2.24) is 10.2 Å². The summed E-state index contributed by atoms with van der Waals surface area (Å²) in [5.74, 6) is -0.264. The summed E-state index contributed by atoms with van der Waals surface area (Å²) in [5.41, 5.74) is 0. The number of rotatable bonds is 7. The third-order valence-electron chi connectivity index (χ3n) is 2.55. The summed E-state index contributed by atoms with van der Waals surface area (Å²) in [4.78, 5) is 23.6. The standard InChI is InChI=1S/C13H16N4O3S3/c1-3-8(10(18)20-4-2)22-13-17-16-12(23-13)15-11(19)14-9-6-5-7-21-9/h5-8H,3-4H2,1-2H3,(H2,14,15,16,19)/t8-/m0/s1. The third-order valence-corrected chi connectivity index (χ3v) is 5.60. The number of thiophene rings is 1. The highest BCUT2D eigenvalue weighted by atomic mass is 32.2. The van der Waals surface area contributed by atoms with Crippen LogP contribution >= 0.6 is 34.4 Å². The number of esters is 1. The topological polar surface area (TPSA) is 93.2 Å². The minimum atomic E-state index is -0.377. The van der Waals surface area contributed by atoms with Gasteiger partial charge in [-0.1, -0.05) is 30.0 Å². The highest BCUT2D eigenvalue weighted by molar-refractivity contribution is 8.02. The van der Waals surface area contributed by atoms with Crippen LogP contribution in [0, 0.1) is 0 Å². The zero-order chi connectivity index (χ0) is 16.7. The van der Waals surface area contributed by atoms with Crippen molar-refractivity contribution in [2.45, 2.75) is 29.9 Å². The van der Waals surface area contributed by atoms with Crippen molar-refractivity contribution in [2.75, 3.05) is 17.2 Å². The lowest BCUT2D eigenvalue weighted by molar-refractivity contribution is -0.142. The van der Waals surface area contributed by atoms with Crippen LogP contribution in [0.25, 0.3) is 0 Å². The molecule has 7 nitrogen and oxygen atoms in total. The maximum absolute atomic E-state index is 11.8. The normalized spacial score (nSPS) is 11.7. The van der Waals surface area contributed by atoms with E-state index >= 15 is 0 Å². The molecule has 2 amide bonds. The summed E-state index contributed by atoms with van der Waals surface area (Å²) in [5, 5.41) is 15.9. The van der Waals surface area contributed by atoms with Crippen molar-refractivity contribution < 1.29 is 14.3 Å². The van der Waals surface area contributed by atoms with Gasteiger partial charge in [-0.25, -0.2) is 4.79 Å². The average molecular weight is 372 g/mol. The fourth-order valence-electron chi connectivity index (χ4n) is 1.55. The first kappa shape index (κ1) is 17.7. The minimum Gasteiger partial charge on any atom is -0.465 e. The predicted molar refractivity (Wildman–Crippen MR) is 93.4 cm³/mol. The number of ether oxygens (including phenoxy) is 1. The van der Waals surface area contributed by atoms with Crippen molar-refractivity contribution in [1.29, 1.82) is 0 Å². The Labute approximate surface area is 145 Å². The molecule has 0 saturated heterocycles. The lowest BCUT2D eigenvalue weighted by Crippen LogP contribution is -2.19. The van der Waals surface area contributed by atoms with Crippen LogP contribution in [0.1, 0.15) is 20.3 Å². The molecular weight excluding hydrogens is 356 g/mol. The molecule has 0 aliphatic heterocycles. The summed E-state index contributed by atoms with van der Waals surface area (Å²) in [6.07, 6.45) is 0.630. The van der Waals surface area contributed by atoms with Gasteiger partial charge < -0.3 is 4.74 Å². The van der Waals surface area contributed by atoms with Crippen LogP contribution in [0.5, 0.6) is 0 Å². The van der Waals surface area contributed by atoms with Crippen LogP contribution in [0.4, 0.5) is 14.9 Å². The van der Waals surface area contributed by atoms with Gasteiger partial charge in [0.15, 0.2) is 4.34 Å². The number of carbonyl (C=O) groups is 2. The van der Waals surface area contributed by atoms with E-state index < -0.39 is 0 Å². The summed E-state index contributed by atoms with van der Waals surface area (Å²) >= 11 is 3.93. The molecule has 0 radical (unpaired) electrons. The molecule has 2 N–H and O–H groups in total. The SMILES string of the molecule is CCOC(=O)[C@H](CC)Sc1nnc(NC(=O)Nc2cccs2)s1. The number of anilines is 2. The van der Waals surface area contributed by atoms with Crippen LogP contribution < -0.4 is 10.6 Å². The quantitative estimate of drug-likeness (QED) is 0.437. The third kappa shape index (κ3) is 5.48. The van der Waals surface area contributed by atoms with Crippen LogP contribution in [-0.4, -0.2) is 34.1 Å². The van der Waals surface area contributed by atoms with Gasteiger partial charge in [-0.15, -0.1) is 21.5 Å². The second kappa shape index (κ2) is 8.85. The Bertz CT molecular complexity index is 645. The Balaban J connectivity index is 1.89.